The van der Waals surface area contributed by atoms with Gasteiger partial charge in [0.25, 0.3) is 0 Å². The lowest BCUT2D eigenvalue weighted by molar-refractivity contribution is 0.328. The Labute approximate surface area is 105 Å². The molecule has 1 aromatic heterocycles. The first-order chi connectivity index (χ1) is 8.86. The van der Waals surface area contributed by atoms with Crippen molar-refractivity contribution in [3.8, 4) is 17.1 Å². The number of nitrogens with two attached hydrogens (primary N) is 1. The Morgan fingerprint density at radius 1 is 1.28 bits per heavy atom. The molecular formula is C13H16N4O. The van der Waals surface area contributed by atoms with Crippen LogP contribution in [0.2, 0.25) is 0 Å². The Hall–Kier alpha value is -1.88. The molecule has 5 nitrogen and oxygen atoms in total. The number of H-pyrrole nitrogens is 1. The Morgan fingerprint density at radius 2 is 2.06 bits per heavy atom. The van der Waals surface area contributed by atoms with Crippen LogP contribution < -0.4 is 10.5 Å². The van der Waals surface area contributed by atoms with Crippen LogP contribution in [0.4, 0.5) is 0 Å². The van der Waals surface area contributed by atoms with Crippen LogP contribution >= 0.6 is 0 Å². The maximum absolute atomic E-state index is 5.43. The summed E-state index contributed by atoms with van der Waals surface area (Å²) in [5, 5.41) is 7.25. The normalized spacial score (nSPS) is 14.7. The van der Waals surface area contributed by atoms with E-state index in [1.807, 2.05) is 24.3 Å². The van der Waals surface area contributed by atoms with Crippen molar-refractivity contribution in [2.45, 2.75) is 18.8 Å². The van der Waals surface area contributed by atoms with E-state index in [1.54, 1.807) is 0 Å². The van der Waals surface area contributed by atoms with Gasteiger partial charge in [-0.1, -0.05) is 0 Å². The summed E-state index contributed by atoms with van der Waals surface area (Å²) in [5.41, 5.74) is 6.38. The number of nitrogens with zero attached hydrogens (tertiary/aromatic N) is 2. The Morgan fingerprint density at radius 3 is 2.72 bits per heavy atom. The fourth-order valence-corrected chi connectivity index (χ4v) is 1.82. The van der Waals surface area contributed by atoms with Gasteiger partial charge >= 0.3 is 0 Å². The van der Waals surface area contributed by atoms with E-state index < -0.39 is 0 Å². The molecule has 3 rings (SSSR count). The van der Waals surface area contributed by atoms with E-state index in [4.69, 9.17) is 10.5 Å². The van der Waals surface area contributed by atoms with E-state index in [0.717, 1.165) is 23.0 Å². The van der Waals surface area contributed by atoms with Gasteiger partial charge in [-0.05, 0) is 37.1 Å². The summed E-state index contributed by atoms with van der Waals surface area (Å²) in [6.07, 6.45) is 2.45. The maximum Gasteiger partial charge on any atom is 0.181 e. The maximum atomic E-state index is 5.43. The number of rotatable bonds is 5. The third-order valence-corrected chi connectivity index (χ3v) is 2.97. The van der Waals surface area contributed by atoms with Gasteiger partial charge in [-0.15, -0.1) is 0 Å². The van der Waals surface area contributed by atoms with Crippen molar-refractivity contribution in [1.82, 2.24) is 15.2 Å². The Bertz CT molecular complexity index is 516. The molecule has 1 heterocycles. The summed E-state index contributed by atoms with van der Waals surface area (Å²) >= 11 is 0. The van der Waals surface area contributed by atoms with Gasteiger partial charge in [0.15, 0.2) is 5.82 Å². The molecule has 0 radical (unpaired) electrons. The third-order valence-electron chi connectivity index (χ3n) is 2.97. The first kappa shape index (κ1) is 11.2. The van der Waals surface area contributed by atoms with Gasteiger partial charge in [0.2, 0.25) is 0 Å². The molecule has 0 unspecified atom stereocenters. The zero-order valence-corrected chi connectivity index (χ0v) is 10.1. The van der Waals surface area contributed by atoms with Crippen molar-refractivity contribution in [2.24, 2.45) is 5.73 Å². The molecule has 0 bridgehead atoms. The molecule has 2 aromatic rings. The van der Waals surface area contributed by atoms with Gasteiger partial charge in [-0.2, -0.15) is 5.10 Å². The average Bonchev–Trinajstić information content (AvgIpc) is 3.15. The van der Waals surface area contributed by atoms with Crippen LogP contribution in [0.5, 0.6) is 5.75 Å². The van der Waals surface area contributed by atoms with Crippen molar-refractivity contribution in [1.29, 1.82) is 0 Å². The summed E-state index contributed by atoms with van der Waals surface area (Å²) in [6.45, 7) is 1.05. The molecule has 0 saturated heterocycles. The number of benzene rings is 1. The van der Waals surface area contributed by atoms with Crippen LogP contribution in [0, 0.1) is 0 Å². The van der Waals surface area contributed by atoms with Gasteiger partial charge in [0.05, 0.1) is 0 Å². The van der Waals surface area contributed by atoms with Gasteiger partial charge in [-0.3, -0.25) is 5.10 Å². The Kier molecular flexibility index (Phi) is 2.98. The van der Waals surface area contributed by atoms with E-state index in [-0.39, 0.29) is 0 Å². The number of hydrogen-bond donors (Lipinski definition) is 2. The topological polar surface area (TPSA) is 76.8 Å². The largest absolute Gasteiger partial charge is 0.492 e. The second kappa shape index (κ2) is 4.78. The molecule has 3 N–H and O–H groups in total. The number of aromatic amines is 1. The molecule has 1 aliphatic rings. The molecular weight excluding hydrogens is 228 g/mol. The lowest BCUT2D eigenvalue weighted by Gasteiger charge is -2.04. The van der Waals surface area contributed by atoms with Gasteiger partial charge in [-0.25, -0.2) is 4.98 Å². The molecule has 1 fully saturated rings. The average molecular weight is 244 g/mol. The third kappa shape index (κ3) is 2.36. The minimum atomic E-state index is 0.521. The molecule has 1 saturated carbocycles. The molecule has 5 heteroatoms. The first-order valence-electron chi connectivity index (χ1n) is 6.22. The smallest absolute Gasteiger partial charge is 0.181 e. The predicted molar refractivity (Wildman–Crippen MR) is 68.3 cm³/mol. The summed E-state index contributed by atoms with van der Waals surface area (Å²) in [6, 6.07) is 7.76. The molecule has 18 heavy (non-hydrogen) atoms. The number of aromatic nitrogens is 3. The van der Waals surface area contributed by atoms with E-state index >= 15 is 0 Å². The molecule has 0 spiro atoms. The summed E-state index contributed by atoms with van der Waals surface area (Å²) in [7, 11) is 0. The molecule has 1 aromatic carbocycles. The molecule has 0 aliphatic heterocycles. The van der Waals surface area contributed by atoms with Crippen LogP contribution in [-0.4, -0.2) is 28.3 Å². The van der Waals surface area contributed by atoms with E-state index in [2.05, 4.69) is 15.2 Å². The van der Waals surface area contributed by atoms with Crippen molar-refractivity contribution < 1.29 is 4.74 Å². The van der Waals surface area contributed by atoms with Crippen LogP contribution in [0.25, 0.3) is 11.4 Å². The van der Waals surface area contributed by atoms with Crippen LogP contribution in [0.3, 0.4) is 0 Å². The molecule has 0 amide bonds. The van der Waals surface area contributed by atoms with Crippen molar-refractivity contribution in [2.75, 3.05) is 13.2 Å². The van der Waals surface area contributed by atoms with E-state index in [9.17, 15) is 0 Å². The zero-order chi connectivity index (χ0) is 12.4. The molecule has 1 aliphatic carbocycles. The SMILES string of the molecule is NCCOc1ccc(-c2n[nH]c(C3CC3)n2)cc1. The van der Waals surface area contributed by atoms with Crippen LogP contribution in [-0.2, 0) is 0 Å². The van der Waals surface area contributed by atoms with Crippen molar-refractivity contribution in [3.63, 3.8) is 0 Å². The summed E-state index contributed by atoms with van der Waals surface area (Å²) in [4.78, 5) is 4.51. The van der Waals surface area contributed by atoms with Crippen LogP contribution in [0.15, 0.2) is 24.3 Å². The number of hydrogen-bond acceptors (Lipinski definition) is 4. The number of ether oxygens (including phenoxy) is 1. The van der Waals surface area contributed by atoms with Gasteiger partial charge < -0.3 is 10.5 Å². The van der Waals surface area contributed by atoms with Crippen LogP contribution in [0.1, 0.15) is 24.6 Å². The minimum absolute atomic E-state index is 0.521. The second-order valence-corrected chi connectivity index (χ2v) is 4.48. The highest BCUT2D eigenvalue weighted by atomic mass is 16.5. The fraction of sp³-hybridized carbons (Fsp3) is 0.385. The molecule has 0 atom stereocenters. The minimum Gasteiger partial charge on any atom is -0.492 e. The molecule has 94 valence electrons. The monoisotopic (exact) mass is 244 g/mol. The highest BCUT2D eigenvalue weighted by molar-refractivity contribution is 5.55. The van der Waals surface area contributed by atoms with Gasteiger partial charge in [0, 0.05) is 18.0 Å². The fourth-order valence-electron chi connectivity index (χ4n) is 1.82. The standard InChI is InChI=1S/C13H16N4O/c14-7-8-18-11-5-3-10(4-6-11)13-15-12(16-17-13)9-1-2-9/h3-6,9H,1-2,7-8,14H2,(H,15,16,17). The predicted octanol–water partition coefficient (Wildman–Crippen LogP) is 1.69. The highest BCUT2D eigenvalue weighted by Gasteiger charge is 2.27. The Balaban J connectivity index is 1.74. The van der Waals surface area contributed by atoms with Crippen molar-refractivity contribution >= 4 is 0 Å². The second-order valence-electron chi connectivity index (χ2n) is 4.48. The lowest BCUT2D eigenvalue weighted by Crippen LogP contribution is -2.10. The first-order valence-corrected chi connectivity index (χ1v) is 6.22. The summed E-state index contributed by atoms with van der Waals surface area (Å²) < 4.78 is 5.43. The van der Waals surface area contributed by atoms with Crippen molar-refractivity contribution in [3.05, 3.63) is 30.1 Å². The highest BCUT2D eigenvalue weighted by Crippen LogP contribution is 2.38. The quantitative estimate of drug-likeness (QED) is 0.839. The zero-order valence-electron chi connectivity index (χ0n) is 10.1. The van der Waals surface area contributed by atoms with E-state index in [1.165, 1.54) is 12.8 Å². The number of nitrogens with one attached hydrogen (secondary N) is 1. The summed E-state index contributed by atoms with van der Waals surface area (Å²) in [5.74, 6) is 3.18. The lowest BCUT2D eigenvalue weighted by atomic mass is 10.2. The van der Waals surface area contributed by atoms with E-state index in [0.29, 0.717) is 19.1 Å². The van der Waals surface area contributed by atoms with Gasteiger partial charge in [0.1, 0.15) is 18.2 Å².